The first kappa shape index (κ1) is 14.9. The smallest absolute Gasteiger partial charge is 0.238 e. The Kier molecular flexibility index (Phi) is 4.66. The second kappa shape index (κ2) is 5.64. The van der Waals surface area contributed by atoms with E-state index in [1.807, 2.05) is 0 Å². The van der Waals surface area contributed by atoms with Crippen LogP contribution >= 0.6 is 11.6 Å². The third-order valence-electron chi connectivity index (χ3n) is 1.93. The molecule has 0 aliphatic rings. The van der Waals surface area contributed by atoms with Crippen molar-refractivity contribution in [1.82, 2.24) is 0 Å². The fraction of sp³-hybridized carbons (Fsp3) is 0.200. The van der Waals surface area contributed by atoms with Crippen molar-refractivity contribution in [2.24, 2.45) is 5.14 Å². The highest BCUT2D eigenvalue weighted by molar-refractivity contribution is 7.89. The number of ether oxygens (including phenoxy) is 1. The van der Waals surface area contributed by atoms with Crippen molar-refractivity contribution >= 4 is 21.6 Å². The van der Waals surface area contributed by atoms with Gasteiger partial charge in [0.15, 0.2) is 17.4 Å². The third kappa shape index (κ3) is 3.66. The molecule has 1 rings (SSSR count). The van der Waals surface area contributed by atoms with Gasteiger partial charge in [0.05, 0.1) is 4.90 Å². The molecular weight excluding hydrogens is 288 g/mol. The highest BCUT2D eigenvalue weighted by Gasteiger charge is 2.18. The lowest BCUT2D eigenvalue weighted by molar-refractivity contribution is 0.311. The molecule has 4 nitrogen and oxygen atoms in total. The number of halogens is 3. The minimum absolute atomic E-state index is 0.119. The Hall–Kier alpha value is -1.18. The molecule has 100 valence electrons. The van der Waals surface area contributed by atoms with E-state index >= 15 is 0 Å². The molecule has 0 saturated carbocycles. The summed E-state index contributed by atoms with van der Waals surface area (Å²) in [6.07, 6.45) is 0. The van der Waals surface area contributed by atoms with E-state index in [0.717, 1.165) is 0 Å². The summed E-state index contributed by atoms with van der Waals surface area (Å²) < 4.78 is 53.6. The Morgan fingerprint density at radius 3 is 2.33 bits per heavy atom. The van der Waals surface area contributed by atoms with Crippen LogP contribution in [0.1, 0.15) is 6.92 Å². The van der Waals surface area contributed by atoms with E-state index in [4.69, 9.17) is 21.5 Å². The second-order valence-electron chi connectivity index (χ2n) is 3.51. The van der Waals surface area contributed by atoms with Crippen LogP contribution in [0.4, 0.5) is 8.78 Å². The number of hydrogen-bond acceptors (Lipinski definition) is 3. The molecule has 0 spiro atoms. The van der Waals surface area contributed by atoms with Crippen molar-refractivity contribution in [2.45, 2.75) is 11.8 Å². The first-order chi connectivity index (χ1) is 8.25. The van der Waals surface area contributed by atoms with Gasteiger partial charge in [0.25, 0.3) is 0 Å². The van der Waals surface area contributed by atoms with Gasteiger partial charge in [-0.1, -0.05) is 11.6 Å². The molecule has 0 atom stereocenters. The fourth-order valence-corrected chi connectivity index (χ4v) is 1.65. The maximum Gasteiger partial charge on any atom is 0.238 e. The van der Waals surface area contributed by atoms with Crippen LogP contribution in [0.3, 0.4) is 0 Å². The molecule has 0 aromatic heterocycles. The van der Waals surface area contributed by atoms with Gasteiger partial charge in [0.2, 0.25) is 10.0 Å². The van der Waals surface area contributed by atoms with E-state index in [-0.39, 0.29) is 6.61 Å². The van der Waals surface area contributed by atoms with Gasteiger partial charge >= 0.3 is 0 Å². The van der Waals surface area contributed by atoms with Crippen LogP contribution in [0, 0.1) is 11.6 Å². The predicted octanol–water partition coefficient (Wildman–Crippen LogP) is 2.13. The first-order valence-electron chi connectivity index (χ1n) is 4.66. The Labute approximate surface area is 108 Å². The van der Waals surface area contributed by atoms with Gasteiger partial charge in [-0.25, -0.2) is 22.3 Å². The first-order valence-corrected chi connectivity index (χ1v) is 6.64. The van der Waals surface area contributed by atoms with E-state index in [1.165, 1.54) is 5.54 Å². The molecule has 18 heavy (non-hydrogen) atoms. The zero-order valence-electron chi connectivity index (χ0n) is 9.28. The largest absolute Gasteiger partial charge is 0.483 e. The average Bonchev–Trinajstić information content (AvgIpc) is 2.26. The molecule has 0 heterocycles. The summed E-state index contributed by atoms with van der Waals surface area (Å²) in [6, 6.07) is 1.18. The number of benzene rings is 1. The van der Waals surface area contributed by atoms with Crippen molar-refractivity contribution in [3.8, 4) is 5.75 Å². The quantitative estimate of drug-likeness (QED) is 0.925. The molecule has 8 heteroatoms. The SMILES string of the molecule is CC(=CCl)COc1c(F)cc(S(N)(=O)=O)cc1F. The van der Waals surface area contributed by atoms with E-state index in [2.05, 4.69) is 0 Å². The van der Waals surface area contributed by atoms with Crippen LogP contribution in [0.5, 0.6) is 5.75 Å². The van der Waals surface area contributed by atoms with Gasteiger partial charge in [-0.3, -0.25) is 0 Å². The van der Waals surface area contributed by atoms with E-state index in [9.17, 15) is 17.2 Å². The van der Waals surface area contributed by atoms with Gasteiger partial charge in [0, 0.05) is 5.54 Å². The van der Waals surface area contributed by atoms with Gasteiger partial charge in [0.1, 0.15) is 6.61 Å². The van der Waals surface area contributed by atoms with Gasteiger partial charge in [-0.05, 0) is 24.6 Å². The Morgan fingerprint density at radius 1 is 1.44 bits per heavy atom. The molecule has 2 N–H and O–H groups in total. The van der Waals surface area contributed by atoms with Crippen LogP contribution in [-0.4, -0.2) is 15.0 Å². The van der Waals surface area contributed by atoms with Crippen molar-refractivity contribution < 1.29 is 21.9 Å². The zero-order valence-corrected chi connectivity index (χ0v) is 10.9. The summed E-state index contributed by atoms with van der Waals surface area (Å²) in [5.74, 6) is -2.98. The molecule has 0 bridgehead atoms. The van der Waals surface area contributed by atoms with Crippen LogP contribution in [0.2, 0.25) is 0 Å². The number of primary sulfonamides is 1. The molecule has 0 amide bonds. The minimum atomic E-state index is -4.17. The van der Waals surface area contributed by atoms with Crippen molar-refractivity contribution in [3.05, 3.63) is 34.9 Å². The van der Waals surface area contributed by atoms with Gasteiger partial charge in [-0.2, -0.15) is 0 Å². The molecule has 1 aromatic rings. The standard InChI is InChI=1S/C10H10ClF2NO3S/c1-6(4-11)5-17-10-8(12)2-7(3-9(10)13)18(14,15)16/h2-4H,5H2,1H3,(H2,14,15,16). The Morgan fingerprint density at radius 2 is 1.94 bits per heavy atom. The van der Waals surface area contributed by atoms with E-state index in [1.54, 1.807) is 6.92 Å². The minimum Gasteiger partial charge on any atom is -0.483 e. The molecule has 1 aromatic carbocycles. The maximum absolute atomic E-state index is 13.5. The molecule has 0 fully saturated rings. The normalized spacial score (nSPS) is 12.6. The van der Waals surface area contributed by atoms with Crippen LogP contribution in [-0.2, 0) is 10.0 Å². The summed E-state index contributed by atoms with van der Waals surface area (Å²) in [7, 11) is -4.17. The lowest BCUT2D eigenvalue weighted by Crippen LogP contribution is -2.13. The summed E-state index contributed by atoms with van der Waals surface area (Å²) in [5, 5.41) is 4.76. The lowest BCUT2D eigenvalue weighted by Gasteiger charge is -2.09. The average molecular weight is 298 g/mol. The van der Waals surface area contributed by atoms with Crippen LogP contribution < -0.4 is 9.88 Å². The molecule has 0 aliphatic heterocycles. The number of sulfonamides is 1. The monoisotopic (exact) mass is 297 g/mol. The van der Waals surface area contributed by atoms with Crippen LogP contribution in [0.15, 0.2) is 28.1 Å². The highest BCUT2D eigenvalue weighted by Crippen LogP contribution is 2.25. The fourth-order valence-electron chi connectivity index (χ4n) is 1.06. The Bertz CT molecular complexity index is 564. The summed E-state index contributed by atoms with van der Waals surface area (Å²) in [5.41, 5.74) is 1.75. The number of nitrogens with two attached hydrogens (primary N) is 1. The van der Waals surface area contributed by atoms with Crippen molar-refractivity contribution in [1.29, 1.82) is 0 Å². The summed E-state index contributed by atoms with van der Waals surface area (Å²) in [4.78, 5) is -0.658. The molecular formula is C10H10ClF2NO3S. The van der Waals surface area contributed by atoms with Crippen molar-refractivity contribution in [3.63, 3.8) is 0 Å². The van der Waals surface area contributed by atoms with E-state index < -0.39 is 32.3 Å². The van der Waals surface area contributed by atoms with Gasteiger partial charge in [-0.15, -0.1) is 0 Å². The summed E-state index contributed by atoms with van der Waals surface area (Å²) in [6.45, 7) is 1.48. The summed E-state index contributed by atoms with van der Waals surface area (Å²) >= 11 is 5.36. The maximum atomic E-state index is 13.5. The predicted molar refractivity (Wildman–Crippen MR) is 62.8 cm³/mol. The molecule has 0 radical (unpaired) electrons. The molecule has 0 saturated heterocycles. The highest BCUT2D eigenvalue weighted by atomic mass is 35.5. The number of hydrogen-bond donors (Lipinski definition) is 1. The lowest BCUT2D eigenvalue weighted by atomic mass is 10.3. The van der Waals surface area contributed by atoms with Crippen LogP contribution in [0.25, 0.3) is 0 Å². The molecule has 0 unspecified atom stereocenters. The molecule has 0 aliphatic carbocycles. The second-order valence-corrected chi connectivity index (χ2v) is 5.28. The topological polar surface area (TPSA) is 69.4 Å². The van der Waals surface area contributed by atoms with E-state index in [0.29, 0.717) is 17.7 Å². The van der Waals surface area contributed by atoms with Crippen molar-refractivity contribution in [2.75, 3.05) is 6.61 Å². The number of rotatable bonds is 4. The zero-order chi connectivity index (χ0) is 13.9. The third-order valence-corrected chi connectivity index (χ3v) is 3.20. The Balaban J connectivity index is 3.10. The van der Waals surface area contributed by atoms with Gasteiger partial charge < -0.3 is 4.74 Å².